The number of aromatic carboxylic acids is 1. The fourth-order valence-corrected chi connectivity index (χ4v) is 3.12. The molecule has 3 aromatic rings. The second kappa shape index (κ2) is 8.01. The molecule has 0 fully saturated rings. The highest BCUT2D eigenvalue weighted by Crippen LogP contribution is 2.34. The number of carbonyl (C=O) groups excluding carboxylic acids is 1. The maximum Gasteiger partial charge on any atom is 0.335 e. The molecule has 11 heteroatoms. The molecule has 168 valence electrons. The lowest BCUT2D eigenvalue weighted by Gasteiger charge is -2.14. The van der Waals surface area contributed by atoms with E-state index in [9.17, 15) is 31.5 Å². The number of carboxylic acid groups (broad SMARTS) is 1. The molecule has 0 atom stereocenters. The summed E-state index contributed by atoms with van der Waals surface area (Å²) in [5.41, 5.74) is -1.12. The Bertz CT molecular complexity index is 1350. The first kappa shape index (κ1) is 21.9. The van der Waals surface area contributed by atoms with E-state index in [4.69, 9.17) is 9.52 Å². The summed E-state index contributed by atoms with van der Waals surface area (Å²) in [5.74, 6) is -12.9. The van der Waals surface area contributed by atoms with Crippen LogP contribution in [0.1, 0.15) is 23.0 Å². The summed E-state index contributed by atoms with van der Waals surface area (Å²) in [4.78, 5) is 23.6. The van der Waals surface area contributed by atoms with Crippen LogP contribution in [0.4, 0.5) is 27.6 Å². The molecule has 1 aliphatic heterocycles. The molecule has 0 saturated carbocycles. The summed E-state index contributed by atoms with van der Waals surface area (Å²) in [7, 11) is 0. The molecule has 1 aliphatic rings. The van der Waals surface area contributed by atoms with Crippen LogP contribution in [0.3, 0.4) is 0 Å². The van der Waals surface area contributed by atoms with Crippen LogP contribution >= 0.6 is 0 Å². The first-order valence-corrected chi connectivity index (χ1v) is 9.17. The van der Waals surface area contributed by atoms with Crippen molar-refractivity contribution in [1.82, 2.24) is 0 Å². The van der Waals surface area contributed by atoms with Crippen molar-refractivity contribution in [3.63, 3.8) is 0 Å². The van der Waals surface area contributed by atoms with Crippen LogP contribution < -0.4 is 5.01 Å². The number of carboxylic acids is 1. The van der Waals surface area contributed by atoms with Gasteiger partial charge in [0.15, 0.2) is 23.3 Å². The van der Waals surface area contributed by atoms with E-state index in [1.54, 1.807) is 0 Å². The molecule has 1 amide bonds. The van der Waals surface area contributed by atoms with Gasteiger partial charge < -0.3 is 9.52 Å². The van der Waals surface area contributed by atoms with Crippen LogP contribution in [0.25, 0.3) is 17.4 Å². The normalized spacial score (nSPS) is 14.8. The third-order valence-corrected chi connectivity index (χ3v) is 4.79. The first-order chi connectivity index (χ1) is 15.6. The molecule has 2 aromatic carbocycles. The van der Waals surface area contributed by atoms with Crippen molar-refractivity contribution in [3.8, 4) is 11.3 Å². The highest BCUT2D eigenvalue weighted by atomic mass is 19.2. The lowest BCUT2D eigenvalue weighted by molar-refractivity contribution is -0.114. The Morgan fingerprint density at radius 3 is 2.09 bits per heavy atom. The zero-order chi connectivity index (χ0) is 24.0. The number of halogens is 5. The van der Waals surface area contributed by atoms with E-state index in [-0.39, 0.29) is 27.6 Å². The SMILES string of the molecule is CC1=NN(c2c(F)c(F)c(F)c(F)c2F)C(=O)/C1=C/c1ccc(-c2ccc(C(=O)O)cc2)o1. The number of carbonyl (C=O) groups is 2. The van der Waals surface area contributed by atoms with Crippen LogP contribution in [0.5, 0.6) is 0 Å². The molecule has 4 rings (SSSR count). The van der Waals surface area contributed by atoms with Crippen molar-refractivity contribution in [1.29, 1.82) is 0 Å². The molecule has 33 heavy (non-hydrogen) atoms. The van der Waals surface area contributed by atoms with Crippen molar-refractivity contribution < 1.29 is 41.1 Å². The largest absolute Gasteiger partial charge is 0.478 e. The summed E-state index contributed by atoms with van der Waals surface area (Å²) >= 11 is 0. The maximum atomic E-state index is 14.1. The van der Waals surface area contributed by atoms with Crippen LogP contribution in [0.15, 0.2) is 51.5 Å². The third-order valence-electron chi connectivity index (χ3n) is 4.79. The van der Waals surface area contributed by atoms with Crippen molar-refractivity contribution in [2.45, 2.75) is 6.92 Å². The van der Waals surface area contributed by atoms with E-state index < -0.39 is 46.6 Å². The van der Waals surface area contributed by atoms with Crippen LogP contribution in [-0.2, 0) is 4.79 Å². The Hall–Kier alpha value is -4.28. The van der Waals surface area contributed by atoms with E-state index in [0.29, 0.717) is 11.3 Å². The minimum atomic E-state index is -2.35. The van der Waals surface area contributed by atoms with Crippen molar-refractivity contribution in [2.75, 3.05) is 5.01 Å². The average Bonchev–Trinajstić information content (AvgIpc) is 3.37. The molecule has 1 aromatic heterocycles. The second-order valence-electron chi connectivity index (χ2n) is 6.86. The van der Waals surface area contributed by atoms with E-state index >= 15 is 0 Å². The number of furan rings is 1. The lowest BCUT2D eigenvalue weighted by Crippen LogP contribution is -2.25. The highest BCUT2D eigenvalue weighted by Gasteiger charge is 2.37. The molecule has 0 bridgehead atoms. The average molecular weight is 462 g/mol. The molecule has 0 spiro atoms. The Kier molecular flexibility index (Phi) is 5.32. The first-order valence-electron chi connectivity index (χ1n) is 9.17. The molecular weight excluding hydrogens is 451 g/mol. The van der Waals surface area contributed by atoms with Gasteiger partial charge in [-0.1, -0.05) is 12.1 Å². The fraction of sp³-hybridized carbons (Fsp3) is 0.0455. The van der Waals surface area contributed by atoms with Gasteiger partial charge in [-0.05, 0) is 37.3 Å². The smallest absolute Gasteiger partial charge is 0.335 e. The van der Waals surface area contributed by atoms with Gasteiger partial charge in [-0.3, -0.25) is 4.79 Å². The topological polar surface area (TPSA) is 83.1 Å². The zero-order valence-electron chi connectivity index (χ0n) is 16.5. The predicted molar refractivity (Wildman–Crippen MR) is 106 cm³/mol. The number of hydrogen-bond donors (Lipinski definition) is 1. The van der Waals surface area contributed by atoms with E-state index in [1.165, 1.54) is 49.4 Å². The Morgan fingerprint density at radius 2 is 1.52 bits per heavy atom. The van der Waals surface area contributed by atoms with Gasteiger partial charge in [0.2, 0.25) is 5.82 Å². The van der Waals surface area contributed by atoms with E-state index in [1.807, 2.05) is 0 Å². The standard InChI is InChI=1S/C22H11F5N2O4/c1-9-13(8-12-6-7-14(33-12)10-2-4-11(5-3-10)22(31)32)21(30)29(28-9)20-18(26)16(24)15(23)17(25)19(20)27/h2-8H,1H3,(H,31,32)/b13-8+. The summed E-state index contributed by atoms with van der Waals surface area (Å²) in [6, 6.07) is 8.77. The number of amides is 1. The molecule has 0 aliphatic carbocycles. The Balaban J connectivity index is 1.67. The van der Waals surface area contributed by atoms with E-state index in [0.717, 1.165) is 0 Å². The summed E-state index contributed by atoms with van der Waals surface area (Å²) in [6.45, 7) is 1.31. The van der Waals surface area contributed by atoms with Crippen molar-refractivity contribution in [2.24, 2.45) is 5.10 Å². The predicted octanol–water partition coefficient (Wildman–Crippen LogP) is 5.15. The molecule has 6 nitrogen and oxygen atoms in total. The van der Waals surface area contributed by atoms with Gasteiger partial charge in [0.1, 0.15) is 17.2 Å². The van der Waals surface area contributed by atoms with Gasteiger partial charge in [-0.15, -0.1) is 0 Å². The second-order valence-corrected chi connectivity index (χ2v) is 6.86. The molecule has 0 unspecified atom stereocenters. The van der Waals surface area contributed by atoms with Gasteiger partial charge in [0.25, 0.3) is 5.91 Å². The number of rotatable bonds is 4. The maximum absolute atomic E-state index is 14.1. The molecule has 1 N–H and O–H groups in total. The number of benzene rings is 2. The minimum Gasteiger partial charge on any atom is -0.478 e. The lowest BCUT2D eigenvalue weighted by atomic mass is 10.1. The van der Waals surface area contributed by atoms with Gasteiger partial charge in [0, 0.05) is 5.56 Å². The summed E-state index contributed by atoms with van der Waals surface area (Å²) in [6.07, 6.45) is 1.20. The van der Waals surface area contributed by atoms with E-state index in [2.05, 4.69) is 5.10 Å². The Labute approximate surface area is 181 Å². The summed E-state index contributed by atoms with van der Waals surface area (Å²) in [5, 5.41) is 12.7. The molecular formula is C22H11F5N2O4. The zero-order valence-corrected chi connectivity index (χ0v) is 16.5. The molecule has 0 radical (unpaired) electrons. The quantitative estimate of drug-likeness (QED) is 0.252. The number of nitrogens with zero attached hydrogens (tertiary/aromatic N) is 2. The molecule has 2 heterocycles. The highest BCUT2D eigenvalue weighted by molar-refractivity contribution is 6.32. The van der Waals surface area contributed by atoms with Crippen LogP contribution in [0, 0.1) is 29.1 Å². The third kappa shape index (κ3) is 3.67. The van der Waals surface area contributed by atoms with Gasteiger partial charge in [-0.2, -0.15) is 10.1 Å². The van der Waals surface area contributed by atoms with Crippen molar-refractivity contribution >= 4 is 29.4 Å². The van der Waals surface area contributed by atoms with Gasteiger partial charge in [0.05, 0.1) is 16.8 Å². The summed E-state index contributed by atoms with van der Waals surface area (Å²) < 4.78 is 74.2. The monoisotopic (exact) mass is 462 g/mol. The van der Waals surface area contributed by atoms with Crippen molar-refractivity contribution in [3.05, 3.63) is 82.4 Å². The number of anilines is 1. The van der Waals surface area contributed by atoms with Gasteiger partial charge in [-0.25, -0.2) is 26.7 Å². The molecule has 0 saturated heterocycles. The fourth-order valence-electron chi connectivity index (χ4n) is 3.12. The number of hydrazone groups is 1. The minimum absolute atomic E-state index is 0.0484. The van der Waals surface area contributed by atoms with Gasteiger partial charge >= 0.3 is 5.97 Å². The Morgan fingerprint density at radius 1 is 0.939 bits per heavy atom. The number of hydrogen-bond acceptors (Lipinski definition) is 4. The van der Waals surface area contributed by atoms with Crippen LogP contribution in [0.2, 0.25) is 0 Å². The van der Waals surface area contributed by atoms with Crippen LogP contribution in [-0.4, -0.2) is 22.7 Å².